The summed E-state index contributed by atoms with van der Waals surface area (Å²) in [5.74, 6) is 0.959. The zero-order valence-corrected chi connectivity index (χ0v) is 22.2. The smallest absolute Gasteiger partial charge is 0.343 e. The maximum atomic E-state index is 12.6. The molecule has 206 valence electrons. The second-order valence-electron chi connectivity index (χ2n) is 9.07. The van der Waals surface area contributed by atoms with Crippen LogP contribution in [0.5, 0.6) is 5.75 Å². The van der Waals surface area contributed by atoms with Crippen molar-refractivity contribution in [3.05, 3.63) is 126 Å². The van der Waals surface area contributed by atoms with Crippen LogP contribution >= 0.6 is 0 Å². The minimum Gasteiger partial charge on any atom is -0.494 e. The highest BCUT2D eigenvalue weighted by Crippen LogP contribution is 2.27. The molecular weight excluding hydrogens is 508 g/mol. The summed E-state index contributed by atoms with van der Waals surface area (Å²) in [5.41, 5.74) is 3.17. The Hall–Kier alpha value is -4.62. The number of benzene rings is 3. The Labute approximate surface area is 234 Å². The zero-order valence-electron chi connectivity index (χ0n) is 22.2. The molecule has 0 bridgehead atoms. The van der Waals surface area contributed by atoms with Gasteiger partial charge >= 0.3 is 11.9 Å². The van der Waals surface area contributed by atoms with Crippen molar-refractivity contribution in [2.24, 2.45) is 0 Å². The van der Waals surface area contributed by atoms with Crippen LogP contribution in [0.1, 0.15) is 47.9 Å². The Kier molecular flexibility index (Phi) is 10.3. The number of hydrogen-bond donors (Lipinski definition) is 1. The number of aliphatic hydroxyl groups excluding tert-OH is 1. The molecule has 0 saturated carbocycles. The summed E-state index contributed by atoms with van der Waals surface area (Å²) in [6.45, 7) is 4.16. The lowest BCUT2D eigenvalue weighted by molar-refractivity contribution is -0.137. The Morgan fingerprint density at radius 3 is 2.15 bits per heavy atom. The van der Waals surface area contributed by atoms with Crippen molar-refractivity contribution in [3.63, 3.8) is 0 Å². The maximum absolute atomic E-state index is 12.6. The van der Waals surface area contributed by atoms with Gasteiger partial charge in [0.05, 0.1) is 18.8 Å². The van der Waals surface area contributed by atoms with E-state index in [2.05, 4.69) is 6.58 Å². The van der Waals surface area contributed by atoms with Crippen molar-refractivity contribution in [1.29, 1.82) is 0 Å². The molecule has 1 atom stereocenters. The minimum atomic E-state index is -1.14. The van der Waals surface area contributed by atoms with E-state index in [0.717, 1.165) is 23.6 Å². The molecule has 3 aromatic carbocycles. The third kappa shape index (κ3) is 8.44. The van der Waals surface area contributed by atoms with Crippen LogP contribution in [-0.2, 0) is 19.0 Å². The van der Waals surface area contributed by atoms with Crippen LogP contribution in [0.3, 0.4) is 0 Å². The fraction of sp³-hybridized carbons (Fsp3) is 0.212. The summed E-state index contributed by atoms with van der Waals surface area (Å²) in [6.07, 6.45) is 5.79. The van der Waals surface area contributed by atoms with Crippen LogP contribution in [0.15, 0.2) is 115 Å². The van der Waals surface area contributed by atoms with Gasteiger partial charge in [0.15, 0.2) is 0 Å². The summed E-state index contributed by atoms with van der Waals surface area (Å²) in [5, 5.41) is 10.5. The van der Waals surface area contributed by atoms with Crippen molar-refractivity contribution in [3.8, 4) is 16.9 Å². The van der Waals surface area contributed by atoms with Crippen LogP contribution in [0.2, 0.25) is 0 Å². The Balaban J connectivity index is 1.21. The average molecular weight is 541 g/mol. The van der Waals surface area contributed by atoms with Gasteiger partial charge in [-0.2, -0.15) is 0 Å². The van der Waals surface area contributed by atoms with Crippen molar-refractivity contribution >= 4 is 11.9 Å². The Bertz CT molecular complexity index is 1340. The van der Waals surface area contributed by atoms with E-state index in [1.54, 1.807) is 48.6 Å². The molecule has 0 aromatic heterocycles. The van der Waals surface area contributed by atoms with Crippen molar-refractivity contribution < 1.29 is 33.6 Å². The van der Waals surface area contributed by atoms with Gasteiger partial charge in [-0.1, -0.05) is 49.0 Å². The van der Waals surface area contributed by atoms with Crippen molar-refractivity contribution in [2.45, 2.75) is 32.0 Å². The molecular formula is C33H32O7. The molecule has 4 rings (SSSR count). The fourth-order valence-corrected chi connectivity index (χ4v) is 3.96. The zero-order chi connectivity index (χ0) is 28.2. The van der Waals surface area contributed by atoms with E-state index in [1.807, 2.05) is 42.5 Å². The molecule has 0 heterocycles. The molecule has 0 radical (unpaired) electrons. The van der Waals surface area contributed by atoms with Gasteiger partial charge < -0.3 is 24.1 Å². The predicted octanol–water partition coefficient (Wildman–Crippen LogP) is 6.67. The van der Waals surface area contributed by atoms with Gasteiger partial charge in [-0.25, -0.2) is 9.59 Å². The van der Waals surface area contributed by atoms with Crippen LogP contribution in [0.4, 0.5) is 0 Å². The molecule has 1 aliphatic rings. The van der Waals surface area contributed by atoms with Gasteiger partial charge in [-0.15, -0.1) is 0 Å². The summed E-state index contributed by atoms with van der Waals surface area (Å²) in [6, 6.07) is 24.3. The van der Waals surface area contributed by atoms with E-state index < -0.39 is 18.2 Å². The van der Waals surface area contributed by atoms with Gasteiger partial charge in [0.2, 0.25) is 6.29 Å². The van der Waals surface area contributed by atoms with Gasteiger partial charge in [0.25, 0.3) is 0 Å². The number of carbonyl (C=O) groups excluding carboxylic acids is 2. The average Bonchev–Trinajstić information content (AvgIpc) is 3.00. The lowest BCUT2D eigenvalue weighted by Crippen LogP contribution is -2.09. The molecule has 7 heteroatoms. The highest BCUT2D eigenvalue weighted by molar-refractivity contribution is 5.90. The monoisotopic (exact) mass is 540 g/mol. The highest BCUT2D eigenvalue weighted by Gasteiger charge is 2.17. The van der Waals surface area contributed by atoms with Crippen LogP contribution in [0.25, 0.3) is 11.1 Å². The second kappa shape index (κ2) is 14.5. The maximum Gasteiger partial charge on any atom is 0.343 e. The third-order valence-electron chi connectivity index (χ3n) is 6.17. The molecule has 0 aliphatic heterocycles. The number of hydrogen-bond acceptors (Lipinski definition) is 7. The second-order valence-corrected chi connectivity index (χ2v) is 9.07. The van der Waals surface area contributed by atoms with Gasteiger partial charge in [0.1, 0.15) is 17.3 Å². The number of carbonyl (C=O) groups is 2. The standard InChI is InChI=1S/C33H32O7/c1-2-31(34)38-23-7-6-22-37-28-16-14-27(15-17-28)33(36)40-30-20-18-29(19-21-30)39-32(35)26-12-10-25(11-13-26)24-8-4-3-5-9-24/h2-5,8-18,20,33,36H,1,6-7,19,21-23H2. The summed E-state index contributed by atoms with van der Waals surface area (Å²) < 4.78 is 21.9. The normalized spacial score (nSPS) is 13.3. The lowest BCUT2D eigenvalue weighted by Gasteiger charge is -2.19. The molecule has 1 aliphatic carbocycles. The molecule has 0 spiro atoms. The number of rotatable bonds is 13. The van der Waals surface area contributed by atoms with E-state index in [-0.39, 0.29) is 0 Å². The number of allylic oxidation sites excluding steroid dienone is 4. The third-order valence-corrected chi connectivity index (χ3v) is 6.17. The van der Waals surface area contributed by atoms with E-state index in [4.69, 9.17) is 18.9 Å². The first kappa shape index (κ1) is 28.4. The van der Waals surface area contributed by atoms with Crippen LogP contribution < -0.4 is 4.74 Å². The molecule has 1 unspecified atom stereocenters. The first-order valence-electron chi connectivity index (χ1n) is 13.2. The Morgan fingerprint density at radius 1 is 0.825 bits per heavy atom. The number of unbranched alkanes of at least 4 members (excludes halogenated alkanes) is 1. The van der Waals surface area contributed by atoms with Crippen LogP contribution in [0, 0.1) is 0 Å². The quantitative estimate of drug-likeness (QED) is 0.112. The van der Waals surface area contributed by atoms with E-state index in [9.17, 15) is 14.7 Å². The fourth-order valence-electron chi connectivity index (χ4n) is 3.96. The molecule has 0 saturated heterocycles. The van der Waals surface area contributed by atoms with E-state index >= 15 is 0 Å². The van der Waals surface area contributed by atoms with Gasteiger partial charge in [-0.05, 0) is 72.5 Å². The topological polar surface area (TPSA) is 91.3 Å². The Morgan fingerprint density at radius 2 is 1.48 bits per heavy atom. The van der Waals surface area contributed by atoms with Crippen molar-refractivity contribution in [2.75, 3.05) is 13.2 Å². The van der Waals surface area contributed by atoms with Crippen molar-refractivity contribution in [1.82, 2.24) is 0 Å². The van der Waals surface area contributed by atoms with Crippen LogP contribution in [-0.4, -0.2) is 30.3 Å². The first-order valence-corrected chi connectivity index (χ1v) is 13.2. The van der Waals surface area contributed by atoms with Gasteiger partial charge in [0, 0.05) is 24.5 Å². The SMILES string of the molecule is C=CC(=O)OCCCCOc1ccc(C(O)OC2=CC=C(OC(=O)c3ccc(-c4ccccc4)cc3)CC2)cc1. The van der Waals surface area contributed by atoms with Gasteiger partial charge in [-0.3, -0.25) is 0 Å². The van der Waals surface area contributed by atoms with E-state index in [1.165, 1.54) is 0 Å². The number of ether oxygens (including phenoxy) is 4. The molecule has 1 N–H and O–H groups in total. The molecule has 0 fully saturated rings. The lowest BCUT2D eigenvalue weighted by atomic mass is 10.0. The summed E-state index contributed by atoms with van der Waals surface area (Å²) in [4.78, 5) is 23.6. The highest BCUT2D eigenvalue weighted by atomic mass is 16.6. The molecule has 0 amide bonds. The van der Waals surface area contributed by atoms with E-state index in [0.29, 0.717) is 60.9 Å². The minimum absolute atomic E-state index is 0.328. The molecule has 40 heavy (non-hydrogen) atoms. The molecule has 3 aromatic rings. The first-order chi connectivity index (χ1) is 19.5. The largest absolute Gasteiger partial charge is 0.494 e. The number of esters is 2. The number of aliphatic hydroxyl groups is 1. The molecule has 7 nitrogen and oxygen atoms in total. The predicted molar refractivity (Wildman–Crippen MR) is 151 cm³/mol. The summed E-state index contributed by atoms with van der Waals surface area (Å²) in [7, 11) is 0. The summed E-state index contributed by atoms with van der Waals surface area (Å²) >= 11 is 0.